The van der Waals surface area contributed by atoms with Crippen molar-refractivity contribution >= 4 is 35.8 Å². The number of rotatable bonds is 8. The summed E-state index contributed by atoms with van der Waals surface area (Å²) in [4.78, 5) is 15.8. The second-order valence-electron chi connectivity index (χ2n) is 5.62. The quantitative estimate of drug-likeness (QED) is 0.238. The number of amides is 1. The Morgan fingerprint density at radius 1 is 1.16 bits per heavy atom. The van der Waals surface area contributed by atoms with Crippen LogP contribution in [0.4, 0.5) is 8.78 Å². The molecule has 0 saturated heterocycles. The van der Waals surface area contributed by atoms with E-state index in [4.69, 9.17) is 0 Å². The van der Waals surface area contributed by atoms with Crippen molar-refractivity contribution in [1.29, 1.82) is 0 Å². The molecular formula is C17H27F2IN4O. The first-order valence-electron chi connectivity index (χ1n) is 8.17. The van der Waals surface area contributed by atoms with Crippen molar-refractivity contribution in [1.82, 2.24) is 16.0 Å². The van der Waals surface area contributed by atoms with Gasteiger partial charge in [0.25, 0.3) is 0 Å². The largest absolute Gasteiger partial charge is 0.357 e. The summed E-state index contributed by atoms with van der Waals surface area (Å²) in [5, 5.41) is 8.95. The Balaban J connectivity index is 0.00000576. The number of guanidine groups is 1. The number of carbonyl (C=O) groups excluding carboxylic acids is 1. The fourth-order valence-electron chi connectivity index (χ4n) is 1.94. The minimum Gasteiger partial charge on any atom is -0.357 e. The minimum atomic E-state index is -0.457. The summed E-state index contributed by atoms with van der Waals surface area (Å²) < 4.78 is 26.7. The zero-order chi connectivity index (χ0) is 17.9. The van der Waals surface area contributed by atoms with Crippen LogP contribution in [0.1, 0.15) is 26.3 Å². The highest BCUT2D eigenvalue weighted by Gasteiger charge is 2.06. The molecule has 0 spiro atoms. The Hall–Kier alpha value is -1.45. The van der Waals surface area contributed by atoms with Gasteiger partial charge in [-0.05, 0) is 37.1 Å². The topological polar surface area (TPSA) is 65.5 Å². The molecule has 1 rings (SSSR count). The van der Waals surface area contributed by atoms with Crippen LogP contribution in [-0.4, -0.2) is 38.0 Å². The van der Waals surface area contributed by atoms with Gasteiger partial charge < -0.3 is 16.0 Å². The maximum atomic E-state index is 13.5. The maximum Gasteiger partial charge on any atom is 0.222 e. The molecule has 0 radical (unpaired) electrons. The highest BCUT2D eigenvalue weighted by atomic mass is 127. The van der Waals surface area contributed by atoms with Crippen molar-refractivity contribution in [3.63, 3.8) is 0 Å². The zero-order valence-corrected chi connectivity index (χ0v) is 17.2. The van der Waals surface area contributed by atoms with Crippen LogP contribution in [0.25, 0.3) is 0 Å². The van der Waals surface area contributed by atoms with Gasteiger partial charge in [-0.1, -0.05) is 13.8 Å². The van der Waals surface area contributed by atoms with Gasteiger partial charge in [-0.15, -0.1) is 24.0 Å². The van der Waals surface area contributed by atoms with E-state index < -0.39 is 11.6 Å². The van der Waals surface area contributed by atoms with Gasteiger partial charge in [-0.2, -0.15) is 0 Å². The Morgan fingerprint density at radius 2 is 1.84 bits per heavy atom. The van der Waals surface area contributed by atoms with E-state index in [0.29, 0.717) is 44.1 Å². The average molecular weight is 468 g/mol. The summed E-state index contributed by atoms with van der Waals surface area (Å²) in [5.74, 6) is -0.358. The molecule has 0 bridgehead atoms. The first-order chi connectivity index (χ1) is 11.4. The molecule has 1 aromatic carbocycles. The second-order valence-corrected chi connectivity index (χ2v) is 5.62. The molecule has 25 heavy (non-hydrogen) atoms. The first kappa shape index (κ1) is 23.5. The van der Waals surface area contributed by atoms with E-state index in [0.717, 1.165) is 12.1 Å². The summed E-state index contributed by atoms with van der Waals surface area (Å²) in [6, 6.07) is 3.40. The van der Waals surface area contributed by atoms with E-state index in [-0.39, 0.29) is 35.8 Å². The fourth-order valence-corrected chi connectivity index (χ4v) is 1.94. The predicted molar refractivity (Wildman–Crippen MR) is 107 cm³/mol. The van der Waals surface area contributed by atoms with Gasteiger partial charge >= 0.3 is 0 Å². The molecule has 0 heterocycles. The van der Waals surface area contributed by atoms with Crippen molar-refractivity contribution in [2.24, 2.45) is 10.9 Å². The molecule has 5 nitrogen and oxygen atoms in total. The summed E-state index contributed by atoms with van der Waals surface area (Å²) in [6.45, 7) is 7.62. The van der Waals surface area contributed by atoms with Crippen LogP contribution in [0.3, 0.4) is 0 Å². The first-order valence-corrected chi connectivity index (χ1v) is 8.17. The molecule has 1 aromatic rings. The van der Waals surface area contributed by atoms with Crippen LogP contribution < -0.4 is 16.0 Å². The lowest BCUT2D eigenvalue weighted by Crippen LogP contribution is -2.42. The summed E-state index contributed by atoms with van der Waals surface area (Å²) in [5.41, 5.74) is 0.304. The van der Waals surface area contributed by atoms with Gasteiger partial charge in [-0.25, -0.2) is 8.78 Å². The number of carbonyl (C=O) groups is 1. The van der Waals surface area contributed by atoms with Gasteiger partial charge in [0.2, 0.25) is 5.91 Å². The second kappa shape index (κ2) is 12.8. The molecule has 0 aromatic heterocycles. The third-order valence-corrected chi connectivity index (χ3v) is 3.24. The van der Waals surface area contributed by atoms with E-state index in [1.807, 2.05) is 20.8 Å². The molecule has 8 heteroatoms. The Labute approximate surface area is 165 Å². The van der Waals surface area contributed by atoms with Gasteiger partial charge in [0, 0.05) is 32.1 Å². The molecule has 0 atom stereocenters. The van der Waals surface area contributed by atoms with E-state index in [9.17, 15) is 13.6 Å². The lowest BCUT2D eigenvalue weighted by atomic mass is 10.1. The SMILES string of the molecule is CCNC(=NCCc1cc(F)ccc1F)NCCNC(=O)C(C)C.I. The predicted octanol–water partition coefficient (Wildman–Crippen LogP) is 2.45. The molecule has 1 amide bonds. The number of halogens is 3. The number of hydrogen-bond donors (Lipinski definition) is 3. The van der Waals surface area contributed by atoms with Crippen LogP contribution in [0.2, 0.25) is 0 Å². The van der Waals surface area contributed by atoms with Crippen LogP contribution in [-0.2, 0) is 11.2 Å². The summed E-state index contributed by atoms with van der Waals surface area (Å²) in [7, 11) is 0. The normalized spacial score (nSPS) is 11.0. The van der Waals surface area contributed by atoms with Crippen LogP contribution in [0.5, 0.6) is 0 Å². The van der Waals surface area contributed by atoms with Crippen LogP contribution in [0, 0.1) is 17.6 Å². The Kier molecular flexibility index (Phi) is 12.1. The highest BCUT2D eigenvalue weighted by Crippen LogP contribution is 2.10. The maximum absolute atomic E-state index is 13.5. The monoisotopic (exact) mass is 468 g/mol. The summed E-state index contributed by atoms with van der Waals surface area (Å²) in [6.07, 6.45) is 0.310. The van der Waals surface area contributed by atoms with E-state index in [1.54, 1.807) is 0 Å². The molecule has 0 aliphatic heterocycles. The molecule has 142 valence electrons. The molecule has 0 unspecified atom stereocenters. The molecule has 3 N–H and O–H groups in total. The standard InChI is InChI=1S/C17H26F2N4O.HI/c1-4-20-17(23-10-9-21-16(24)12(2)3)22-8-7-13-11-14(18)5-6-15(13)19;/h5-6,11-12H,4,7-10H2,1-3H3,(H,21,24)(H2,20,22,23);1H. The molecule has 0 fully saturated rings. The summed E-state index contributed by atoms with van der Waals surface area (Å²) >= 11 is 0. The Morgan fingerprint density at radius 3 is 2.48 bits per heavy atom. The molecule has 0 aliphatic carbocycles. The number of aliphatic imine (C=N–C) groups is 1. The zero-order valence-electron chi connectivity index (χ0n) is 14.9. The lowest BCUT2D eigenvalue weighted by molar-refractivity contribution is -0.123. The third kappa shape index (κ3) is 9.57. The number of nitrogens with zero attached hydrogens (tertiary/aromatic N) is 1. The van der Waals surface area contributed by atoms with Crippen molar-refractivity contribution in [3.8, 4) is 0 Å². The van der Waals surface area contributed by atoms with Gasteiger partial charge in [0.05, 0.1) is 0 Å². The highest BCUT2D eigenvalue weighted by molar-refractivity contribution is 14.0. The van der Waals surface area contributed by atoms with Gasteiger partial charge in [0.15, 0.2) is 5.96 Å². The van der Waals surface area contributed by atoms with Crippen LogP contribution >= 0.6 is 24.0 Å². The Bertz CT molecular complexity index is 568. The number of benzene rings is 1. The van der Waals surface area contributed by atoms with Crippen molar-refractivity contribution in [2.75, 3.05) is 26.2 Å². The average Bonchev–Trinajstić information content (AvgIpc) is 2.54. The van der Waals surface area contributed by atoms with E-state index in [1.165, 1.54) is 6.07 Å². The lowest BCUT2D eigenvalue weighted by Gasteiger charge is -2.12. The number of hydrogen-bond acceptors (Lipinski definition) is 2. The third-order valence-electron chi connectivity index (χ3n) is 3.24. The minimum absolute atomic E-state index is 0. The smallest absolute Gasteiger partial charge is 0.222 e. The number of nitrogens with one attached hydrogen (secondary N) is 3. The van der Waals surface area contributed by atoms with Crippen LogP contribution in [0.15, 0.2) is 23.2 Å². The molecule has 0 saturated carbocycles. The van der Waals surface area contributed by atoms with E-state index >= 15 is 0 Å². The van der Waals surface area contributed by atoms with Gasteiger partial charge in [0.1, 0.15) is 11.6 Å². The van der Waals surface area contributed by atoms with Crippen molar-refractivity contribution in [2.45, 2.75) is 27.2 Å². The van der Waals surface area contributed by atoms with Crippen molar-refractivity contribution in [3.05, 3.63) is 35.4 Å². The van der Waals surface area contributed by atoms with Crippen molar-refractivity contribution < 1.29 is 13.6 Å². The molecular weight excluding hydrogens is 441 g/mol. The van der Waals surface area contributed by atoms with E-state index in [2.05, 4.69) is 20.9 Å². The molecule has 0 aliphatic rings. The van der Waals surface area contributed by atoms with Gasteiger partial charge in [-0.3, -0.25) is 9.79 Å². The fraction of sp³-hybridized carbons (Fsp3) is 0.529.